The summed E-state index contributed by atoms with van der Waals surface area (Å²) in [5.74, 6) is 0.837. The van der Waals surface area contributed by atoms with E-state index in [0.29, 0.717) is 0 Å². The minimum Gasteiger partial charge on any atom is -0.449 e. The molecule has 2 nitrogen and oxygen atoms in total. The maximum Gasteiger partial charge on any atom is 0.184 e. The summed E-state index contributed by atoms with van der Waals surface area (Å²) in [5, 5.41) is 3.01. The van der Waals surface area contributed by atoms with E-state index in [2.05, 4.69) is 37.2 Å². The standard InChI is InChI=1S/C8H9Br2NO/c1-11-4-2-3-6-5-7(9)8(10)12-6/h2-3,5,11H,4H2,1H3. The highest BCUT2D eigenvalue weighted by Gasteiger charge is 2.01. The average molecular weight is 295 g/mol. The van der Waals surface area contributed by atoms with Crippen molar-refractivity contribution in [3.63, 3.8) is 0 Å². The van der Waals surface area contributed by atoms with Gasteiger partial charge in [-0.05, 0) is 51.0 Å². The Hall–Kier alpha value is -0.0600. The first-order valence-electron chi connectivity index (χ1n) is 3.50. The Bertz CT molecular complexity index is 261. The third-order valence-electron chi connectivity index (χ3n) is 1.27. The quantitative estimate of drug-likeness (QED) is 0.927. The number of hydrogen-bond acceptors (Lipinski definition) is 2. The zero-order valence-corrected chi connectivity index (χ0v) is 9.78. The molecule has 0 aliphatic carbocycles. The van der Waals surface area contributed by atoms with E-state index >= 15 is 0 Å². The van der Waals surface area contributed by atoms with Crippen molar-refractivity contribution in [1.29, 1.82) is 0 Å². The molecule has 0 unspecified atom stereocenters. The summed E-state index contributed by atoms with van der Waals surface area (Å²) < 4.78 is 6.98. The number of nitrogens with one attached hydrogen (secondary N) is 1. The smallest absolute Gasteiger partial charge is 0.184 e. The van der Waals surface area contributed by atoms with Crippen LogP contribution in [0.2, 0.25) is 0 Å². The topological polar surface area (TPSA) is 25.2 Å². The number of halogens is 2. The van der Waals surface area contributed by atoms with Gasteiger partial charge in [-0.1, -0.05) is 6.08 Å². The minimum absolute atomic E-state index is 0.728. The van der Waals surface area contributed by atoms with Crippen LogP contribution in [0.25, 0.3) is 6.08 Å². The first kappa shape index (κ1) is 10.0. The molecule has 0 saturated carbocycles. The van der Waals surface area contributed by atoms with Crippen LogP contribution in [0.3, 0.4) is 0 Å². The predicted octanol–water partition coefficient (Wildman–Crippen LogP) is 3.04. The Balaban J connectivity index is 2.64. The zero-order valence-electron chi connectivity index (χ0n) is 6.60. The monoisotopic (exact) mass is 293 g/mol. The molecular weight excluding hydrogens is 286 g/mol. The lowest BCUT2D eigenvalue weighted by Gasteiger charge is -1.86. The van der Waals surface area contributed by atoms with E-state index in [9.17, 15) is 0 Å². The molecule has 0 aliphatic rings. The largest absolute Gasteiger partial charge is 0.449 e. The summed E-state index contributed by atoms with van der Waals surface area (Å²) in [5.41, 5.74) is 0. The van der Waals surface area contributed by atoms with Gasteiger partial charge in [0.1, 0.15) is 5.76 Å². The maximum atomic E-state index is 5.32. The van der Waals surface area contributed by atoms with Gasteiger partial charge in [0.25, 0.3) is 0 Å². The molecule has 0 atom stereocenters. The molecule has 0 aromatic carbocycles. The van der Waals surface area contributed by atoms with Crippen molar-refractivity contribution in [2.24, 2.45) is 0 Å². The summed E-state index contributed by atoms with van der Waals surface area (Å²) in [6, 6.07) is 1.91. The molecule has 0 radical (unpaired) electrons. The molecule has 1 heterocycles. The molecule has 0 aliphatic heterocycles. The van der Waals surface area contributed by atoms with Gasteiger partial charge in [0.05, 0.1) is 4.47 Å². The van der Waals surface area contributed by atoms with Crippen molar-refractivity contribution in [2.75, 3.05) is 13.6 Å². The van der Waals surface area contributed by atoms with E-state index in [1.165, 1.54) is 0 Å². The van der Waals surface area contributed by atoms with Crippen molar-refractivity contribution in [3.8, 4) is 0 Å². The fourth-order valence-electron chi connectivity index (χ4n) is 0.738. The second-order valence-electron chi connectivity index (χ2n) is 2.23. The van der Waals surface area contributed by atoms with Crippen molar-refractivity contribution in [2.45, 2.75) is 0 Å². The lowest BCUT2D eigenvalue weighted by Crippen LogP contribution is -2.03. The predicted molar refractivity (Wildman–Crippen MR) is 57.1 cm³/mol. The Morgan fingerprint density at radius 1 is 1.58 bits per heavy atom. The summed E-state index contributed by atoms with van der Waals surface area (Å²) in [6.45, 7) is 0.843. The van der Waals surface area contributed by atoms with Crippen LogP contribution in [-0.4, -0.2) is 13.6 Å². The van der Waals surface area contributed by atoms with Crippen LogP contribution >= 0.6 is 31.9 Å². The van der Waals surface area contributed by atoms with Crippen LogP contribution < -0.4 is 5.32 Å². The van der Waals surface area contributed by atoms with Crippen molar-refractivity contribution in [1.82, 2.24) is 5.32 Å². The molecule has 0 spiro atoms. The van der Waals surface area contributed by atoms with Gasteiger partial charge in [-0.3, -0.25) is 0 Å². The van der Waals surface area contributed by atoms with E-state index in [1.54, 1.807) is 0 Å². The molecule has 12 heavy (non-hydrogen) atoms. The zero-order chi connectivity index (χ0) is 8.97. The average Bonchev–Trinajstić information content (AvgIpc) is 2.32. The number of furan rings is 1. The van der Waals surface area contributed by atoms with Gasteiger partial charge in [0.2, 0.25) is 0 Å². The number of rotatable bonds is 3. The van der Waals surface area contributed by atoms with E-state index in [-0.39, 0.29) is 0 Å². The van der Waals surface area contributed by atoms with E-state index < -0.39 is 0 Å². The van der Waals surface area contributed by atoms with Crippen LogP contribution in [0.1, 0.15) is 5.76 Å². The highest BCUT2D eigenvalue weighted by Crippen LogP contribution is 2.27. The van der Waals surface area contributed by atoms with E-state index in [1.807, 2.05) is 25.3 Å². The minimum atomic E-state index is 0.728. The Labute approximate surface area is 88.3 Å². The van der Waals surface area contributed by atoms with Crippen molar-refractivity contribution < 1.29 is 4.42 Å². The molecule has 66 valence electrons. The van der Waals surface area contributed by atoms with Gasteiger partial charge in [-0.15, -0.1) is 0 Å². The summed E-state index contributed by atoms with van der Waals surface area (Å²) in [4.78, 5) is 0. The molecule has 0 amide bonds. The summed E-state index contributed by atoms with van der Waals surface area (Å²) in [6.07, 6.45) is 3.92. The maximum absolute atomic E-state index is 5.32. The molecule has 4 heteroatoms. The summed E-state index contributed by atoms with van der Waals surface area (Å²) in [7, 11) is 1.90. The van der Waals surface area contributed by atoms with E-state index in [0.717, 1.165) is 21.4 Å². The molecule has 1 aromatic heterocycles. The first-order valence-corrected chi connectivity index (χ1v) is 5.08. The molecule has 1 aromatic rings. The fraction of sp³-hybridized carbons (Fsp3) is 0.250. The SMILES string of the molecule is CNCC=Cc1cc(Br)c(Br)o1. The fourth-order valence-corrected chi connectivity index (χ4v) is 1.35. The third-order valence-corrected chi connectivity index (χ3v) is 2.98. The van der Waals surface area contributed by atoms with Crippen LogP contribution in [0.4, 0.5) is 0 Å². The Morgan fingerprint density at radius 2 is 2.33 bits per heavy atom. The van der Waals surface area contributed by atoms with Gasteiger partial charge in [0.15, 0.2) is 4.67 Å². The van der Waals surface area contributed by atoms with Gasteiger partial charge in [0, 0.05) is 6.54 Å². The lowest BCUT2D eigenvalue weighted by atomic mass is 10.4. The van der Waals surface area contributed by atoms with Crippen LogP contribution in [0, 0.1) is 0 Å². The summed E-state index contributed by atoms with van der Waals surface area (Å²) >= 11 is 6.60. The second-order valence-corrected chi connectivity index (χ2v) is 3.81. The van der Waals surface area contributed by atoms with Gasteiger partial charge in [-0.25, -0.2) is 0 Å². The first-order chi connectivity index (χ1) is 5.74. The molecule has 0 saturated heterocycles. The van der Waals surface area contributed by atoms with Crippen molar-refractivity contribution >= 4 is 37.9 Å². The van der Waals surface area contributed by atoms with Crippen LogP contribution in [-0.2, 0) is 0 Å². The Kier molecular flexibility index (Phi) is 4.05. The van der Waals surface area contributed by atoms with Gasteiger partial charge >= 0.3 is 0 Å². The lowest BCUT2D eigenvalue weighted by molar-refractivity contribution is 0.529. The highest BCUT2D eigenvalue weighted by atomic mass is 79.9. The molecular formula is C8H9Br2NO. The van der Waals surface area contributed by atoms with Gasteiger partial charge in [-0.2, -0.15) is 0 Å². The Morgan fingerprint density at radius 3 is 2.83 bits per heavy atom. The molecule has 1 rings (SSSR count). The third kappa shape index (κ3) is 2.77. The molecule has 1 N–H and O–H groups in total. The molecule has 0 bridgehead atoms. The number of hydrogen-bond donors (Lipinski definition) is 1. The number of likely N-dealkylation sites (N-methyl/N-ethyl adjacent to an activating group) is 1. The van der Waals surface area contributed by atoms with E-state index in [4.69, 9.17) is 4.42 Å². The van der Waals surface area contributed by atoms with Crippen LogP contribution in [0.5, 0.6) is 0 Å². The molecule has 0 fully saturated rings. The van der Waals surface area contributed by atoms with Crippen LogP contribution in [0.15, 0.2) is 25.7 Å². The second kappa shape index (κ2) is 4.84. The normalized spacial score (nSPS) is 11.2. The van der Waals surface area contributed by atoms with Crippen molar-refractivity contribution in [3.05, 3.63) is 27.0 Å². The van der Waals surface area contributed by atoms with Gasteiger partial charge < -0.3 is 9.73 Å². The highest BCUT2D eigenvalue weighted by molar-refractivity contribution is 9.13.